The van der Waals surface area contributed by atoms with Crippen molar-refractivity contribution in [3.05, 3.63) is 63.6 Å². The molecule has 0 heterocycles. The molecule has 0 radical (unpaired) electrons. The summed E-state index contributed by atoms with van der Waals surface area (Å²) in [7, 11) is 1.51. The van der Waals surface area contributed by atoms with Gasteiger partial charge < -0.3 is 4.74 Å². The van der Waals surface area contributed by atoms with Crippen LogP contribution in [-0.2, 0) is 0 Å². The summed E-state index contributed by atoms with van der Waals surface area (Å²) >= 11 is 11.8. The number of methoxy groups -OCH3 is 1. The lowest BCUT2D eigenvalue weighted by Crippen LogP contribution is -2.01. The lowest BCUT2D eigenvalue weighted by Gasteiger charge is -2.06. The maximum absolute atomic E-state index is 12.2. The summed E-state index contributed by atoms with van der Waals surface area (Å²) in [5, 5.41) is 1.00. The number of hydrogen-bond acceptors (Lipinski definition) is 2. The van der Waals surface area contributed by atoms with E-state index in [-0.39, 0.29) is 5.78 Å². The Morgan fingerprint density at radius 3 is 2.44 bits per heavy atom. The number of halogens is 2. The molecule has 0 amide bonds. The second-order valence-corrected chi connectivity index (χ2v) is 4.53. The molecule has 0 unspecified atom stereocenters. The summed E-state index contributed by atoms with van der Waals surface area (Å²) in [6, 6.07) is 11.7. The van der Waals surface area contributed by atoms with Crippen LogP contribution in [0.4, 0.5) is 0 Å². The summed E-state index contributed by atoms with van der Waals surface area (Å²) < 4.78 is 5.09. The topological polar surface area (TPSA) is 26.3 Å². The molecular formula is C14H10Cl2O2. The molecule has 0 atom stereocenters. The monoisotopic (exact) mass is 280 g/mol. The van der Waals surface area contributed by atoms with Crippen molar-refractivity contribution in [1.29, 1.82) is 0 Å². The van der Waals surface area contributed by atoms with Gasteiger partial charge in [0.1, 0.15) is 5.75 Å². The van der Waals surface area contributed by atoms with Crippen LogP contribution in [-0.4, -0.2) is 12.9 Å². The zero-order valence-corrected chi connectivity index (χ0v) is 11.1. The number of carbonyl (C=O) groups is 1. The van der Waals surface area contributed by atoms with Crippen LogP contribution in [0, 0.1) is 0 Å². The Labute approximate surface area is 115 Å². The van der Waals surface area contributed by atoms with Gasteiger partial charge in [-0.15, -0.1) is 0 Å². The number of carbonyl (C=O) groups excluding carboxylic acids is 1. The number of ether oxygens (including phenoxy) is 1. The van der Waals surface area contributed by atoms with Crippen molar-refractivity contribution < 1.29 is 9.53 Å². The van der Waals surface area contributed by atoms with Crippen molar-refractivity contribution in [3.63, 3.8) is 0 Å². The molecule has 2 rings (SSSR count). The SMILES string of the molecule is COc1cc(C(=O)c2cccc(Cl)c2)ccc1Cl. The minimum atomic E-state index is -0.118. The van der Waals surface area contributed by atoms with Crippen LogP contribution >= 0.6 is 23.2 Å². The van der Waals surface area contributed by atoms with Gasteiger partial charge in [-0.25, -0.2) is 0 Å². The molecule has 2 nitrogen and oxygen atoms in total. The number of benzene rings is 2. The van der Waals surface area contributed by atoms with E-state index in [1.165, 1.54) is 7.11 Å². The summed E-state index contributed by atoms with van der Waals surface area (Å²) in [6.45, 7) is 0. The molecule has 0 aliphatic heterocycles. The van der Waals surface area contributed by atoms with Crippen LogP contribution in [0.5, 0.6) is 5.75 Å². The minimum absolute atomic E-state index is 0.118. The lowest BCUT2D eigenvalue weighted by molar-refractivity contribution is 0.103. The summed E-state index contributed by atoms with van der Waals surface area (Å²) in [4.78, 5) is 12.2. The first-order chi connectivity index (χ1) is 8.61. The van der Waals surface area contributed by atoms with Crippen LogP contribution < -0.4 is 4.74 Å². The van der Waals surface area contributed by atoms with Crippen molar-refractivity contribution >= 4 is 29.0 Å². The molecule has 0 saturated heterocycles. The highest BCUT2D eigenvalue weighted by atomic mass is 35.5. The van der Waals surface area contributed by atoms with E-state index in [0.717, 1.165) is 0 Å². The standard InChI is InChI=1S/C14H10Cl2O2/c1-18-13-8-10(5-6-12(13)16)14(17)9-3-2-4-11(15)7-9/h2-8H,1H3. The van der Waals surface area contributed by atoms with Crippen LogP contribution in [0.1, 0.15) is 15.9 Å². The molecule has 0 aliphatic carbocycles. The first kappa shape index (κ1) is 12.9. The normalized spacial score (nSPS) is 10.2. The van der Waals surface area contributed by atoms with Gasteiger partial charge >= 0.3 is 0 Å². The molecular weight excluding hydrogens is 271 g/mol. The zero-order valence-electron chi connectivity index (χ0n) is 9.61. The van der Waals surface area contributed by atoms with E-state index in [1.807, 2.05) is 0 Å². The molecule has 0 aromatic heterocycles. The molecule has 0 spiro atoms. The van der Waals surface area contributed by atoms with Gasteiger partial charge in [-0.05, 0) is 30.3 Å². The number of ketones is 1. The quantitative estimate of drug-likeness (QED) is 0.787. The molecule has 0 aliphatic rings. The Morgan fingerprint density at radius 2 is 1.78 bits per heavy atom. The summed E-state index contributed by atoms with van der Waals surface area (Å²) in [5.74, 6) is 0.358. The third-order valence-electron chi connectivity index (χ3n) is 2.50. The Bertz CT molecular complexity index is 594. The van der Waals surface area contributed by atoms with Gasteiger partial charge in [0.05, 0.1) is 12.1 Å². The fourth-order valence-electron chi connectivity index (χ4n) is 1.60. The fraction of sp³-hybridized carbons (Fsp3) is 0.0714. The van der Waals surface area contributed by atoms with Crippen molar-refractivity contribution in [1.82, 2.24) is 0 Å². The fourth-order valence-corrected chi connectivity index (χ4v) is 1.98. The average molecular weight is 281 g/mol. The maximum atomic E-state index is 12.2. The van der Waals surface area contributed by atoms with Crippen molar-refractivity contribution in [2.45, 2.75) is 0 Å². The summed E-state index contributed by atoms with van der Waals surface area (Å²) in [6.07, 6.45) is 0. The highest BCUT2D eigenvalue weighted by Gasteiger charge is 2.11. The van der Waals surface area contributed by atoms with E-state index >= 15 is 0 Å². The van der Waals surface area contributed by atoms with Gasteiger partial charge in [-0.1, -0.05) is 35.3 Å². The average Bonchev–Trinajstić information content (AvgIpc) is 2.38. The van der Waals surface area contributed by atoms with Gasteiger partial charge in [-0.3, -0.25) is 4.79 Å². The molecule has 0 fully saturated rings. The highest BCUT2D eigenvalue weighted by molar-refractivity contribution is 6.32. The van der Waals surface area contributed by atoms with Gasteiger partial charge in [0.25, 0.3) is 0 Å². The molecule has 92 valence electrons. The van der Waals surface area contributed by atoms with Gasteiger partial charge in [-0.2, -0.15) is 0 Å². The Balaban J connectivity index is 2.40. The Morgan fingerprint density at radius 1 is 1.06 bits per heavy atom. The Hall–Kier alpha value is -1.51. The first-order valence-corrected chi connectivity index (χ1v) is 6.01. The molecule has 0 N–H and O–H groups in total. The van der Waals surface area contributed by atoms with E-state index in [2.05, 4.69) is 0 Å². The van der Waals surface area contributed by atoms with E-state index in [9.17, 15) is 4.79 Å². The van der Waals surface area contributed by atoms with Crippen LogP contribution in [0.3, 0.4) is 0 Å². The van der Waals surface area contributed by atoms with E-state index in [1.54, 1.807) is 42.5 Å². The van der Waals surface area contributed by atoms with Crippen LogP contribution in [0.25, 0.3) is 0 Å². The maximum Gasteiger partial charge on any atom is 0.193 e. The van der Waals surface area contributed by atoms with Gasteiger partial charge in [0.2, 0.25) is 0 Å². The van der Waals surface area contributed by atoms with Crippen molar-refractivity contribution in [2.24, 2.45) is 0 Å². The molecule has 0 bridgehead atoms. The smallest absolute Gasteiger partial charge is 0.193 e. The largest absolute Gasteiger partial charge is 0.495 e. The zero-order chi connectivity index (χ0) is 13.1. The molecule has 18 heavy (non-hydrogen) atoms. The van der Waals surface area contributed by atoms with E-state index < -0.39 is 0 Å². The third-order valence-corrected chi connectivity index (χ3v) is 3.05. The van der Waals surface area contributed by atoms with Gasteiger partial charge in [0.15, 0.2) is 5.78 Å². The second-order valence-electron chi connectivity index (χ2n) is 3.69. The molecule has 0 saturated carbocycles. The predicted octanol–water partition coefficient (Wildman–Crippen LogP) is 4.23. The number of rotatable bonds is 3. The first-order valence-electron chi connectivity index (χ1n) is 5.25. The molecule has 4 heteroatoms. The van der Waals surface area contributed by atoms with Crippen molar-refractivity contribution in [2.75, 3.05) is 7.11 Å². The van der Waals surface area contributed by atoms with Gasteiger partial charge in [0, 0.05) is 16.1 Å². The Kier molecular flexibility index (Phi) is 3.90. The minimum Gasteiger partial charge on any atom is -0.495 e. The van der Waals surface area contributed by atoms with Crippen LogP contribution in [0.15, 0.2) is 42.5 Å². The molecule has 2 aromatic carbocycles. The highest BCUT2D eigenvalue weighted by Crippen LogP contribution is 2.26. The number of hydrogen-bond donors (Lipinski definition) is 0. The lowest BCUT2D eigenvalue weighted by atomic mass is 10.0. The third kappa shape index (κ3) is 2.66. The van der Waals surface area contributed by atoms with Crippen LogP contribution in [0.2, 0.25) is 10.0 Å². The second kappa shape index (κ2) is 5.42. The van der Waals surface area contributed by atoms with E-state index in [4.69, 9.17) is 27.9 Å². The van der Waals surface area contributed by atoms with E-state index in [0.29, 0.717) is 26.9 Å². The molecule has 2 aromatic rings. The van der Waals surface area contributed by atoms with Crippen molar-refractivity contribution in [3.8, 4) is 5.75 Å². The summed E-state index contributed by atoms with van der Waals surface area (Å²) in [5.41, 5.74) is 1.05. The predicted molar refractivity (Wildman–Crippen MR) is 72.9 cm³/mol.